The molecule has 0 bridgehead atoms. The van der Waals surface area contributed by atoms with Gasteiger partial charge in [0.25, 0.3) is 5.91 Å². The van der Waals surface area contributed by atoms with Gasteiger partial charge in [-0.25, -0.2) is 13.1 Å². The number of furan rings is 1. The number of hydrogen-bond acceptors (Lipinski definition) is 4. The van der Waals surface area contributed by atoms with Crippen LogP contribution in [0, 0.1) is 13.8 Å². The average Bonchev–Trinajstić information content (AvgIpc) is 3.21. The number of anilines is 1. The number of carbonyl (C=O) groups excluding carboxylic acids is 1. The first-order valence-corrected chi connectivity index (χ1v) is 8.84. The third-order valence-electron chi connectivity index (χ3n) is 3.59. The molecule has 0 atom stereocenters. The Balaban J connectivity index is 1.80. The minimum atomic E-state index is -3.54. The topological polar surface area (TPSA) is 88.4 Å². The molecule has 6 nitrogen and oxygen atoms in total. The molecular formula is C16H18N2O4S. The molecule has 0 unspecified atom stereocenters. The first-order valence-electron chi connectivity index (χ1n) is 7.36. The first-order chi connectivity index (χ1) is 10.8. The van der Waals surface area contributed by atoms with E-state index >= 15 is 0 Å². The van der Waals surface area contributed by atoms with Crippen LogP contribution < -0.4 is 10.0 Å². The lowest BCUT2D eigenvalue weighted by atomic mass is 10.2. The molecule has 0 saturated heterocycles. The number of hydrogen-bond donors (Lipinski definition) is 2. The van der Waals surface area contributed by atoms with Crippen molar-refractivity contribution in [2.24, 2.45) is 0 Å². The van der Waals surface area contributed by atoms with Gasteiger partial charge in [-0.3, -0.25) is 4.79 Å². The van der Waals surface area contributed by atoms with Crippen LogP contribution in [0.1, 0.15) is 34.7 Å². The van der Waals surface area contributed by atoms with Gasteiger partial charge in [-0.2, -0.15) is 0 Å². The minimum absolute atomic E-state index is 0.0369. The highest BCUT2D eigenvalue weighted by Crippen LogP contribution is 2.23. The highest BCUT2D eigenvalue weighted by Gasteiger charge is 2.28. The van der Waals surface area contributed by atoms with E-state index in [9.17, 15) is 13.2 Å². The van der Waals surface area contributed by atoms with E-state index in [1.165, 1.54) is 12.1 Å². The predicted molar refractivity (Wildman–Crippen MR) is 85.9 cm³/mol. The van der Waals surface area contributed by atoms with Crippen LogP contribution in [0.3, 0.4) is 0 Å². The van der Waals surface area contributed by atoms with Gasteiger partial charge in [0.05, 0.1) is 10.5 Å². The predicted octanol–water partition coefficient (Wildman–Crippen LogP) is 2.59. The van der Waals surface area contributed by atoms with Gasteiger partial charge in [-0.15, -0.1) is 0 Å². The maximum atomic E-state index is 12.3. The van der Waals surface area contributed by atoms with Gasteiger partial charge < -0.3 is 9.73 Å². The first kappa shape index (κ1) is 15.8. The second kappa shape index (κ2) is 5.82. The summed E-state index contributed by atoms with van der Waals surface area (Å²) in [5, 5.41) is 2.70. The molecule has 2 aromatic rings. The molecule has 1 aliphatic carbocycles. The van der Waals surface area contributed by atoms with Crippen LogP contribution in [0.25, 0.3) is 0 Å². The number of nitrogens with one attached hydrogen (secondary N) is 2. The Labute approximate surface area is 134 Å². The van der Waals surface area contributed by atoms with E-state index in [0.717, 1.165) is 12.8 Å². The minimum Gasteiger partial charge on any atom is -0.466 e. The number of rotatable bonds is 5. The van der Waals surface area contributed by atoms with E-state index < -0.39 is 10.0 Å². The number of carbonyl (C=O) groups is 1. The number of sulfonamides is 1. The van der Waals surface area contributed by atoms with E-state index in [1.54, 1.807) is 32.0 Å². The summed E-state index contributed by atoms with van der Waals surface area (Å²) in [6, 6.07) is 7.90. The Bertz CT molecular complexity index is 851. The Morgan fingerprint density at radius 3 is 2.57 bits per heavy atom. The lowest BCUT2D eigenvalue weighted by Crippen LogP contribution is -2.25. The van der Waals surface area contributed by atoms with Gasteiger partial charge in [0, 0.05) is 11.7 Å². The Morgan fingerprint density at radius 1 is 1.22 bits per heavy atom. The van der Waals surface area contributed by atoms with E-state index in [4.69, 9.17) is 4.42 Å². The smallest absolute Gasteiger partial charge is 0.259 e. The molecule has 2 N–H and O–H groups in total. The van der Waals surface area contributed by atoms with Crippen LogP contribution in [-0.4, -0.2) is 20.4 Å². The third kappa shape index (κ3) is 3.62. The molecule has 1 aromatic heterocycles. The maximum Gasteiger partial charge on any atom is 0.259 e. The molecule has 23 heavy (non-hydrogen) atoms. The summed E-state index contributed by atoms with van der Waals surface area (Å²) in [5.41, 5.74) is 0.860. The van der Waals surface area contributed by atoms with Gasteiger partial charge in [0.2, 0.25) is 10.0 Å². The van der Waals surface area contributed by atoms with Crippen molar-refractivity contribution in [3.63, 3.8) is 0 Å². The highest BCUT2D eigenvalue weighted by atomic mass is 32.2. The summed E-state index contributed by atoms with van der Waals surface area (Å²) in [5.74, 6) is 0.848. The highest BCUT2D eigenvalue weighted by molar-refractivity contribution is 7.89. The fourth-order valence-electron chi connectivity index (χ4n) is 2.28. The average molecular weight is 334 g/mol. The van der Waals surface area contributed by atoms with Gasteiger partial charge in [0.1, 0.15) is 11.5 Å². The molecule has 0 spiro atoms. The van der Waals surface area contributed by atoms with Crippen LogP contribution in [0.4, 0.5) is 5.69 Å². The van der Waals surface area contributed by atoms with Crippen LogP contribution >= 0.6 is 0 Å². The second-order valence-corrected chi connectivity index (χ2v) is 7.42. The van der Waals surface area contributed by atoms with Gasteiger partial charge >= 0.3 is 0 Å². The van der Waals surface area contributed by atoms with Gasteiger partial charge in [-0.05, 0) is 51.0 Å². The maximum absolute atomic E-state index is 12.3. The Morgan fingerprint density at radius 2 is 1.96 bits per heavy atom. The van der Waals surface area contributed by atoms with Gasteiger partial charge in [0.15, 0.2) is 0 Å². The van der Waals surface area contributed by atoms with Crippen molar-refractivity contribution in [1.82, 2.24) is 4.72 Å². The van der Waals surface area contributed by atoms with Crippen LogP contribution in [0.5, 0.6) is 0 Å². The summed E-state index contributed by atoms with van der Waals surface area (Å²) in [4.78, 5) is 12.4. The second-order valence-electron chi connectivity index (χ2n) is 5.70. The van der Waals surface area contributed by atoms with E-state index in [2.05, 4.69) is 10.0 Å². The lowest BCUT2D eigenvalue weighted by molar-refractivity contribution is 0.102. The summed E-state index contributed by atoms with van der Waals surface area (Å²) < 4.78 is 32.4. The summed E-state index contributed by atoms with van der Waals surface area (Å²) >= 11 is 0. The molecule has 122 valence electrons. The molecule has 1 heterocycles. The zero-order chi connectivity index (χ0) is 16.6. The molecule has 1 aliphatic rings. The van der Waals surface area contributed by atoms with Gasteiger partial charge in [-0.1, -0.05) is 6.07 Å². The molecule has 1 aromatic carbocycles. The monoisotopic (exact) mass is 334 g/mol. The van der Waals surface area contributed by atoms with Crippen LogP contribution in [0.15, 0.2) is 39.6 Å². The van der Waals surface area contributed by atoms with E-state index in [1.807, 2.05) is 0 Å². The summed E-state index contributed by atoms with van der Waals surface area (Å²) in [6.45, 7) is 3.48. The molecule has 1 saturated carbocycles. The molecule has 0 radical (unpaired) electrons. The van der Waals surface area contributed by atoms with E-state index in [0.29, 0.717) is 22.8 Å². The molecule has 0 aliphatic heterocycles. The van der Waals surface area contributed by atoms with Crippen molar-refractivity contribution in [2.75, 3.05) is 5.32 Å². The number of amides is 1. The molecule has 1 amide bonds. The lowest BCUT2D eigenvalue weighted by Gasteiger charge is -2.08. The zero-order valence-corrected chi connectivity index (χ0v) is 13.7. The van der Waals surface area contributed by atoms with Crippen molar-refractivity contribution in [2.45, 2.75) is 37.6 Å². The molecular weight excluding hydrogens is 316 g/mol. The van der Waals surface area contributed by atoms with Crippen molar-refractivity contribution < 1.29 is 17.6 Å². The van der Waals surface area contributed by atoms with Crippen LogP contribution in [0.2, 0.25) is 0 Å². The summed E-state index contributed by atoms with van der Waals surface area (Å²) in [7, 11) is -3.54. The number of benzene rings is 1. The zero-order valence-electron chi connectivity index (χ0n) is 12.9. The summed E-state index contributed by atoms with van der Waals surface area (Å²) in [6.07, 6.45) is 1.74. The normalized spacial score (nSPS) is 14.7. The number of aryl methyl sites for hydroxylation is 2. The Hall–Kier alpha value is -2.12. The molecule has 1 fully saturated rings. The fourth-order valence-corrected chi connectivity index (χ4v) is 3.63. The third-order valence-corrected chi connectivity index (χ3v) is 5.11. The van der Waals surface area contributed by atoms with Crippen molar-refractivity contribution in [3.05, 3.63) is 47.4 Å². The van der Waals surface area contributed by atoms with Crippen LogP contribution in [-0.2, 0) is 10.0 Å². The van der Waals surface area contributed by atoms with Crippen molar-refractivity contribution >= 4 is 21.6 Å². The Kier molecular flexibility index (Phi) is 3.99. The molecule has 3 rings (SSSR count). The SMILES string of the molecule is Cc1cc(C(=O)Nc2cccc(S(=O)(=O)NC3CC3)c2)c(C)o1. The van der Waals surface area contributed by atoms with Crippen molar-refractivity contribution in [1.29, 1.82) is 0 Å². The molecule has 7 heteroatoms. The van der Waals surface area contributed by atoms with E-state index in [-0.39, 0.29) is 16.8 Å². The quantitative estimate of drug-likeness (QED) is 0.879. The largest absolute Gasteiger partial charge is 0.466 e. The fraction of sp³-hybridized carbons (Fsp3) is 0.312. The standard InChI is InChI=1S/C16H18N2O4S/c1-10-8-15(11(2)22-10)16(19)17-13-4-3-5-14(9-13)23(20,21)18-12-6-7-12/h3-5,8-9,12,18H,6-7H2,1-2H3,(H,17,19). The van der Waals surface area contributed by atoms with Crippen molar-refractivity contribution in [3.8, 4) is 0 Å².